The van der Waals surface area contributed by atoms with Gasteiger partial charge >= 0.3 is 0 Å². The Hall–Kier alpha value is -3.65. The van der Waals surface area contributed by atoms with Gasteiger partial charge in [-0.1, -0.05) is 24.3 Å². The summed E-state index contributed by atoms with van der Waals surface area (Å²) < 4.78 is 0. The Kier molecular flexibility index (Phi) is 4.50. The van der Waals surface area contributed by atoms with E-state index in [4.69, 9.17) is 5.26 Å². The number of benzene rings is 2. The number of rotatable bonds is 4. The number of aromatic nitrogens is 1. The molecule has 0 spiro atoms. The third-order valence-electron chi connectivity index (χ3n) is 3.32. The van der Waals surface area contributed by atoms with Crippen molar-refractivity contribution in [3.05, 3.63) is 84.1 Å². The molecule has 2 N–H and O–H groups in total. The lowest BCUT2D eigenvalue weighted by Crippen LogP contribution is -2.12. The average molecular weight is 314 g/mol. The third kappa shape index (κ3) is 3.76. The highest BCUT2D eigenvalue weighted by atomic mass is 16.1. The number of hydrogen-bond acceptors (Lipinski definition) is 4. The van der Waals surface area contributed by atoms with E-state index >= 15 is 0 Å². The molecule has 0 aliphatic rings. The number of hydrogen-bond donors (Lipinski definition) is 2. The van der Waals surface area contributed by atoms with Crippen molar-refractivity contribution in [1.82, 2.24) is 4.98 Å². The van der Waals surface area contributed by atoms with E-state index in [2.05, 4.69) is 21.7 Å². The first-order valence-electron chi connectivity index (χ1n) is 7.34. The molecule has 5 heteroatoms. The van der Waals surface area contributed by atoms with Gasteiger partial charge in [-0.25, -0.2) is 4.98 Å². The largest absolute Gasteiger partial charge is 0.354 e. The average Bonchev–Trinajstić information content (AvgIpc) is 2.64. The molecular formula is C19H14N4O. The highest BCUT2D eigenvalue weighted by Gasteiger charge is 2.06. The molecule has 3 aromatic rings. The first-order chi connectivity index (χ1) is 11.7. The topological polar surface area (TPSA) is 77.8 Å². The van der Waals surface area contributed by atoms with Crippen LogP contribution in [0.2, 0.25) is 0 Å². The molecule has 1 aromatic heterocycles. The minimum Gasteiger partial charge on any atom is -0.354 e. The maximum atomic E-state index is 12.1. The molecule has 24 heavy (non-hydrogen) atoms. The van der Waals surface area contributed by atoms with Gasteiger partial charge < -0.3 is 10.6 Å². The first kappa shape index (κ1) is 15.3. The normalized spacial score (nSPS) is 9.79. The van der Waals surface area contributed by atoms with Gasteiger partial charge in [0.25, 0.3) is 5.91 Å². The minimum atomic E-state index is -0.203. The lowest BCUT2D eigenvalue weighted by atomic mass is 10.2. The third-order valence-corrected chi connectivity index (χ3v) is 3.32. The SMILES string of the molecule is N#Cc1cccc(Nc2ccc(NC(=O)c3ccccc3)nc2)c1. The molecule has 1 heterocycles. The van der Waals surface area contributed by atoms with E-state index in [1.165, 1.54) is 0 Å². The molecule has 0 unspecified atom stereocenters. The summed E-state index contributed by atoms with van der Waals surface area (Å²) in [5.41, 5.74) is 2.73. The van der Waals surface area contributed by atoms with Gasteiger partial charge in [-0.3, -0.25) is 4.79 Å². The molecule has 0 radical (unpaired) electrons. The number of carbonyl (C=O) groups excluding carboxylic acids is 1. The molecule has 5 nitrogen and oxygen atoms in total. The highest BCUT2D eigenvalue weighted by Crippen LogP contribution is 2.18. The molecule has 0 saturated carbocycles. The summed E-state index contributed by atoms with van der Waals surface area (Å²) in [6, 6.07) is 21.8. The summed E-state index contributed by atoms with van der Waals surface area (Å²) in [7, 11) is 0. The monoisotopic (exact) mass is 314 g/mol. The van der Waals surface area contributed by atoms with E-state index in [0.29, 0.717) is 16.9 Å². The molecule has 116 valence electrons. The van der Waals surface area contributed by atoms with Crippen LogP contribution >= 0.6 is 0 Å². The molecule has 2 aromatic carbocycles. The summed E-state index contributed by atoms with van der Waals surface area (Å²) in [5, 5.41) is 14.8. The van der Waals surface area contributed by atoms with Crippen molar-refractivity contribution in [2.45, 2.75) is 0 Å². The molecular weight excluding hydrogens is 300 g/mol. The predicted octanol–water partition coefficient (Wildman–Crippen LogP) is 3.95. The molecule has 0 aliphatic heterocycles. The van der Waals surface area contributed by atoms with Crippen LogP contribution in [0.15, 0.2) is 72.9 Å². The van der Waals surface area contributed by atoms with E-state index in [1.807, 2.05) is 36.4 Å². The number of amides is 1. The summed E-state index contributed by atoms with van der Waals surface area (Å²) in [4.78, 5) is 16.3. The van der Waals surface area contributed by atoms with Crippen LogP contribution in [-0.4, -0.2) is 10.9 Å². The zero-order valence-electron chi connectivity index (χ0n) is 12.7. The molecule has 0 saturated heterocycles. The van der Waals surface area contributed by atoms with Crippen molar-refractivity contribution in [3.63, 3.8) is 0 Å². The lowest BCUT2D eigenvalue weighted by molar-refractivity contribution is 0.102. The fraction of sp³-hybridized carbons (Fsp3) is 0. The predicted molar refractivity (Wildman–Crippen MR) is 93.1 cm³/mol. The first-order valence-corrected chi connectivity index (χ1v) is 7.34. The summed E-state index contributed by atoms with van der Waals surface area (Å²) in [5.74, 6) is 0.269. The molecule has 0 aliphatic carbocycles. The maximum Gasteiger partial charge on any atom is 0.256 e. The van der Waals surface area contributed by atoms with Crippen molar-refractivity contribution in [2.75, 3.05) is 10.6 Å². The van der Waals surface area contributed by atoms with Crippen molar-refractivity contribution in [2.24, 2.45) is 0 Å². The minimum absolute atomic E-state index is 0.203. The second-order valence-corrected chi connectivity index (χ2v) is 5.07. The molecule has 0 atom stereocenters. The smallest absolute Gasteiger partial charge is 0.256 e. The Labute approximate surface area is 139 Å². The quantitative estimate of drug-likeness (QED) is 0.764. The van der Waals surface area contributed by atoms with Gasteiger partial charge in [-0.15, -0.1) is 0 Å². The zero-order valence-corrected chi connectivity index (χ0v) is 12.7. The van der Waals surface area contributed by atoms with Gasteiger partial charge in [0.05, 0.1) is 23.5 Å². The summed E-state index contributed by atoms with van der Waals surface area (Å²) >= 11 is 0. The van der Waals surface area contributed by atoms with Crippen molar-refractivity contribution in [1.29, 1.82) is 5.26 Å². The second kappa shape index (κ2) is 7.07. The number of nitrogens with zero attached hydrogens (tertiary/aromatic N) is 2. The Morgan fingerprint density at radius 1 is 0.958 bits per heavy atom. The Bertz CT molecular complexity index is 883. The van der Waals surface area contributed by atoms with Crippen LogP contribution in [0.4, 0.5) is 17.2 Å². The number of carbonyl (C=O) groups is 1. The van der Waals surface area contributed by atoms with Gasteiger partial charge in [0, 0.05) is 11.3 Å². The van der Waals surface area contributed by atoms with Crippen LogP contribution in [0.1, 0.15) is 15.9 Å². The lowest BCUT2D eigenvalue weighted by Gasteiger charge is -2.08. The fourth-order valence-electron chi connectivity index (χ4n) is 2.15. The van der Waals surface area contributed by atoms with Gasteiger partial charge in [0.1, 0.15) is 5.82 Å². The van der Waals surface area contributed by atoms with Gasteiger partial charge in [0.15, 0.2) is 0 Å². The van der Waals surface area contributed by atoms with E-state index in [1.54, 1.807) is 36.5 Å². The Morgan fingerprint density at radius 2 is 1.79 bits per heavy atom. The number of anilines is 3. The van der Waals surface area contributed by atoms with Crippen molar-refractivity contribution < 1.29 is 4.79 Å². The second-order valence-electron chi connectivity index (χ2n) is 5.07. The van der Waals surface area contributed by atoms with E-state index < -0.39 is 0 Å². The van der Waals surface area contributed by atoms with Crippen LogP contribution in [0.3, 0.4) is 0 Å². The standard InChI is InChI=1S/C19H14N4O/c20-12-14-5-4-8-16(11-14)22-17-9-10-18(21-13-17)23-19(24)15-6-2-1-3-7-15/h1-11,13,22H,(H,21,23,24). The van der Waals surface area contributed by atoms with E-state index in [9.17, 15) is 4.79 Å². The van der Waals surface area contributed by atoms with Crippen LogP contribution < -0.4 is 10.6 Å². The Morgan fingerprint density at radius 3 is 2.50 bits per heavy atom. The molecule has 0 bridgehead atoms. The molecule has 3 rings (SSSR count). The van der Waals surface area contributed by atoms with Gasteiger partial charge in [-0.05, 0) is 42.5 Å². The Balaban J connectivity index is 1.67. The van der Waals surface area contributed by atoms with Crippen LogP contribution in [0.5, 0.6) is 0 Å². The summed E-state index contributed by atoms with van der Waals surface area (Å²) in [6.45, 7) is 0. The number of pyridine rings is 1. The maximum absolute atomic E-state index is 12.1. The molecule has 0 fully saturated rings. The van der Waals surface area contributed by atoms with Crippen molar-refractivity contribution in [3.8, 4) is 6.07 Å². The van der Waals surface area contributed by atoms with Crippen molar-refractivity contribution >= 4 is 23.1 Å². The zero-order chi connectivity index (χ0) is 16.8. The van der Waals surface area contributed by atoms with Gasteiger partial charge in [-0.2, -0.15) is 5.26 Å². The number of nitrogens with one attached hydrogen (secondary N) is 2. The van der Waals surface area contributed by atoms with Crippen LogP contribution in [-0.2, 0) is 0 Å². The van der Waals surface area contributed by atoms with Crippen LogP contribution in [0.25, 0.3) is 0 Å². The fourth-order valence-corrected chi connectivity index (χ4v) is 2.15. The summed E-state index contributed by atoms with van der Waals surface area (Å²) in [6.07, 6.45) is 1.62. The highest BCUT2D eigenvalue weighted by molar-refractivity contribution is 6.03. The van der Waals surface area contributed by atoms with E-state index in [-0.39, 0.29) is 5.91 Å². The molecule has 1 amide bonds. The van der Waals surface area contributed by atoms with E-state index in [0.717, 1.165) is 11.4 Å². The van der Waals surface area contributed by atoms with Crippen LogP contribution in [0, 0.1) is 11.3 Å². The van der Waals surface area contributed by atoms with Gasteiger partial charge in [0.2, 0.25) is 0 Å². The number of nitriles is 1.